The van der Waals surface area contributed by atoms with Gasteiger partial charge in [-0.15, -0.1) is 0 Å². The maximum atomic E-state index is 11.1. The SMILES string of the molecule is NC(=O)CCNCCC(=O)NC1CC1. The Morgan fingerprint density at radius 3 is 2.43 bits per heavy atom. The number of carbonyl (C=O) groups excluding carboxylic acids is 2. The van der Waals surface area contributed by atoms with Crippen LogP contribution in [0.15, 0.2) is 0 Å². The summed E-state index contributed by atoms with van der Waals surface area (Å²) in [5.41, 5.74) is 4.95. The molecule has 0 atom stereocenters. The number of primary amides is 1. The lowest BCUT2D eigenvalue weighted by Gasteiger charge is -2.04. The van der Waals surface area contributed by atoms with Gasteiger partial charge in [0.2, 0.25) is 11.8 Å². The minimum Gasteiger partial charge on any atom is -0.370 e. The fourth-order valence-corrected chi connectivity index (χ4v) is 1.07. The van der Waals surface area contributed by atoms with Gasteiger partial charge in [0, 0.05) is 32.0 Å². The lowest BCUT2D eigenvalue weighted by Crippen LogP contribution is -2.30. The highest BCUT2D eigenvalue weighted by atomic mass is 16.2. The predicted molar refractivity (Wildman–Crippen MR) is 52.5 cm³/mol. The van der Waals surface area contributed by atoms with Gasteiger partial charge in [-0.1, -0.05) is 0 Å². The van der Waals surface area contributed by atoms with Crippen molar-refractivity contribution in [2.45, 2.75) is 31.7 Å². The second kappa shape index (κ2) is 5.59. The summed E-state index contributed by atoms with van der Waals surface area (Å²) in [6.45, 7) is 1.15. The van der Waals surface area contributed by atoms with Crippen LogP contribution in [0.5, 0.6) is 0 Å². The fraction of sp³-hybridized carbons (Fsp3) is 0.778. The van der Waals surface area contributed by atoms with Crippen LogP contribution < -0.4 is 16.4 Å². The largest absolute Gasteiger partial charge is 0.370 e. The molecule has 2 amide bonds. The summed E-state index contributed by atoms with van der Waals surface area (Å²) in [5, 5.41) is 5.86. The first-order valence-electron chi connectivity index (χ1n) is 4.97. The van der Waals surface area contributed by atoms with E-state index >= 15 is 0 Å². The molecule has 1 aliphatic rings. The van der Waals surface area contributed by atoms with E-state index in [-0.39, 0.29) is 11.8 Å². The van der Waals surface area contributed by atoms with Crippen molar-refractivity contribution in [1.82, 2.24) is 10.6 Å². The Balaban J connectivity index is 1.87. The van der Waals surface area contributed by atoms with E-state index in [4.69, 9.17) is 5.73 Å². The zero-order valence-electron chi connectivity index (χ0n) is 8.21. The molecule has 5 heteroatoms. The number of hydrogen-bond donors (Lipinski definition) is 3. The molecule has 0 heterocycles. The van der Waals surface area contributed by atoms with Crippen molar-refractivity contribution in [3.05, 3.63) is 0 Å². The molecule has 4 N–H and O–H groups in total. The molecule has 0 radical (unpaired) electrons. The van der Waals surface area contributed by atoms with E-state index in [0.29, 0.717) is 32.0 Å². The van der Waals surface area contributed by atoms with Gasteiger partial charge in [-0.3, -0.25) is 9.59 Å². The highest BCUT2D eigenvalue weighted by molar-refractivity contribution is 5.76. The Bertz CT molecular complexity index is 214. The molecule has 0 aromatic carbocycles. The van der Waals surface area contributed by atoms with E-state index < -0.39 is 0 Å². The summed E-state index contributed by atoms with van der Waals surface area (Å²) in [6, 6.07) is 0.424. The normalized spacial score (nSPS) is 15.1. The lowest BCUT2D eigenvalue weighted by molar-refractivity contribution is -0.121. The van der Waals surface area contributed by atoms with Crippen molar-refractivity contribution >= 4 is 11.8 Å². The highest BCUT2D eigenvalue weighted by Gasteiger charge is 2.22. The first-order valence-corrected chi connectivity index (χ1v) is 4.97. The summed E-state index contributed by atoms with van der Waals surface area (Å²) in [6.07, 6.45) is 3.02. The molecule has 1 saturated carbocycles. The van der Waals surface area contributed by atoms with Gasteiger partial charge in [0.05, 0.1) is 0 Å². The van der Waals surface area contributed by atoms with E-state index in [1.807, 2.05) is 0 Å². The summed E-state index contributed by atoms with van der Waals surface area (Å²) in [7, 11) is 0. The Kier molecular flexibility index (Phi) is 4.39. The zero-order chi connectivity index (χ0) is 10.4. The number of nitrogens with two attached hydrogens (primary N) is 1. The van der Waals surface area contributed by atoms with Crippen LogP contribution in [0.25, 0.3) is 0 Å². The van der Waals surface area contributed by atoms with Crippen LogP contribution >= 0.6 is 0 Å². The second-order valence-corrected chi connectivity index (χ2v) is 3.56. The number of carbonyl (C=O) groups is 2. The molecule has 0 aromatic heterocycles. The van der Waals surface area contributed by atoms with Crippen molar-refractivity contribution in [2.75, 3.05) is 13.1 Å². The third kappa shape index (κ3) is 5.53. The quantitative estimate of drug-likeness (QED) is 0.465. The molecule has 80 valence electrons. The van der Waals surface area contributed by atoms with Gasteiger partial charge in [0.1, 0.15) is 0 Å². The number of amides is 2. The van der Waals surface area contributed by atoms with Crippen molar-refractivity contribution in [2.24, 2.45) is 5.73 Å². The third-order valence-electron chi connectivity index (χ3n) is 2.02. The minimum atomic E-state index is -0.320. The zero-order valence-corrected chi connectivity index (χ0v) is 8.21. The first kappa shape index (κ1) is 11.0. The smallest absolute Gasteiger partial charge is 0.221 e. The highest BCUT2D eigenvalue weighted by Crippen LogP contribution is 2.18. The van der Waals surface area contributed by atoms with E-state index in [1.165, 1.54) is 0 Å². The van der Waals surface area contributed by atoms with E-state index in [9.17, 15) is 9.59 Å². The molecule has 1 rings (SSSR count). The Labute approximate surface area is 83.4 Å². The third-order valence-corrected chi connectivity index (χ3v) is 2.02. The number of rotatable bonds is 7. The summed E-state index contributed by atoms with van der Waals surface area (Å²) < 4.78 is 0. The molecule has 1 fully saturated rings. The van der Waals surface area contributed by atoms with Crippen LogP contribution in [0.4, 0.5) is 0 Å². The topological polar surface area (TPSA) is 84.2 Å². The van der Waals surface area contributed by atoms with E-state index in [1.54, 1.807) is 0 Å². The summed E-state index contributed by atoms with van der Waals surface area (Å²) in [5.74, 6) is -0.237. The second-order valence-electron chi connectivity index (χ2n) is 3.56. The van der Waals surface area contributed by atoms with Crippen molar-refractivity contribution < 1.29 is 9.59 Å². The Hall–Kier alpha value is -1.10. The van der Waals surface area contributed by atoms with Gasteiger partial charge < -0.3 is 16.4 Å². The van der Waals surface area contributed by atoms with Gasteiger partial charge in [-0.05, 0) is 12.8 Å². The van der Waals surface area contributed by atoms with Gasteiger partial charge in [-0.2, -0.15) is 0 Å². The van der Waals surface area contributed by atoms with Gasteiger partial charge in [-0.25, -0.2) is 0 Å². The van der Waals surface area contributed by atoms with Crippen LogP contribution in [0, 0.1) is 0 Å². The molecule has 1 aliphatic carbocycles. The van der Waals surface area contributed by atoms with Crippen molar-refractivity contribution in [3.8, 4) is 0 Å². The van der Waals surface area contributed by atoms with Gasteiger partial charge >= 0.3 is 0 Å². The predicted octanol–water partition coefficient (Wildman–Crippen LogP) is -0.880. The molecule has 0 aromatic rings. The van der Waals surface area contributed by atoms with Crippen LogP contribution in [-0.4, -0.2) is 30.9 Å². The summed E-state index contributed by atoms with van der Waals surface area (Å²) in [4.78, 5) is 21.5. The van der Waals surface area contributed by atoms with Crippen molar-refractivity contribution in [3.63, 3.8) is 0 Å². The summed E-state index contributed by atoms with van der Waals surface area (Å²) >= 11 is 0. The standard InChI is InChI=1S/C9H17N3O2/c10-8(13)3-5-11-6-4-9(14)12-7-1-2-7/h7,11H,1-6H2,(H2,10,13)(H,12,14). The molecule has 0 bridgehead atoms. The fourth-order valence-electron chi connectivity index (χ4n) is 1.07. The first-order chi connectivity index (χ1) is 6.68. The van der Waals surface area contributed by atoms with Gasteiger partial charge in [0.25, 0.3) is 0 Å². The molecule has 0 saturated heterocycles. The molecular weight excluding hydrogens is 182 g/mol. The average molecular weight is 199 g/mol. The number of nitrogens with one attached hydrogen (secondary N) is 2. The molecule has 14 heavy (non-hydrogen) atoms. The van der Waals surface area contributed by atoms with Crippen LogP contribution in [0.2, 0.25) is 0 Å². The van der Waals surface area contributed by atoms with E-state index in [2.05, 4.69) is 10.6 Å². The molecular formula is C9H17N3O2. The lowest BCUT2D eigenvalue weighted by atomic mass is 10.3. The Morgan fingerprint density at radius 1 is 1.21 bits per heavy atom. The van der Waals surface area contributed by atoms with Crippen LogP contribution in [0.1, 0.15) is 25.7 Å². The van der Waals surface area contributed by atoms with Crippen molar-refractivity contribution in [1.29, 1.82) is 0 Å². The maximum absolute atomic E-state index is 11.1. The molecule has 0 aliphatic heterocycles. The minimum absolute atomic E-state index is 0.0825. The van der Waals surface area contributed by atoms with Crippen LogP contribution in [0.3, 0.4) is 0 Å². The monoisotopic (exact) mass is 199 g/mol. The van der Waals surface area contributed by atoms with Crippen LogP contribution in [-0.2, 0) is 9.59 Å². The maximum Gasteiger partial charge on any atom is 0.221 e. The molecule has 5 nitrogen and oxygen atoms in total. The molecule has 0 unspecified atom stereocenters. The Morgan fingerprint density at radius 2 is 1.86 bits per heavy atom. The average Bonchev–Trinajstić information content (AvgIpc) is 2.87. The van der Waals surface area contributed by atoms with E-state index in [0.717, 1.165) is 12.8 Å². The number of hydrogen-bond acceptors (Lipinski definition) is 3. The van der Waals surface area contributed by atoms with Gasteiger partial charge in [0.15, 0.2) is 0 Å². The molecule has 0 spiro atoms.